The summed E-state index contributed by atoms with van der Waals surface area (Å²) in [4.78, 5) is 4.95. The van der Waals surface area contributed by atoms with Gasteiger partial charge in [-0.3, -0.25) is 4.90 Å². The first kappa shape index (κ1) is 16.5. The lowest BCUT2D eigenvalue weighted by Gasteiger charge is -2.21. The van der Waals surface area contributed by atoms with Gasteiger partial charge in [-0.25, -0.2) is 0 Å². The van der Waals surface area contributed by atoms with Gasteiger partial charge in [0.25, 0.3) is 0 Å². The molecule has 1 N–H and O–H groups in total. The Labute approximate surface area is 130 Å². The summed E-state index contributed by atoms with van der Waals surface area (Å²) in [5.41, 5.74) is 2.93. The summed E-state index contributed by atoms with van der Waals surface area (Å²) in [5, 5.41) is 3.57. The Morgan fingerprint density at radius 3 is 2.57 bits per heavy atom. The summed E-state index contributed by atoms with van der Waals surface area (Å²) in [5.74, 6) is 0.705. The fourth-order valence-corrected chi connectivity index (χ4v) is 3.00. The summed E-state index contributed by atoms with van der Waals surface area (Å²) in [7, 11) is 4.38. The molecule has 1 aliphatic heterocycles. The molecule has 1 heterocycles. The highest BCUT2D eigenvalue weighted by molar-refractivity contribution is 5.27. The van der Waals surface area contributed by atoms with Gasteiger partial charge in [0.2, 0.25) is 0 Å². The van der Waals surface area contributed by atoms with Crippen molar-refractivity contribution in [1.82, 2.24) is 15.1 Å². The largest absolute Gasteiger partial charge is 0.312 e. The van der Waals surface area contributed by atoms with Crippen LogP contribution in [0.5, 0.6) is 0 Å². The maximum Gasteiger partial charge on any atom is 0.0237 e. The van der Waals surface area contributed by atoms with Crippen molar-refractivity contribution >= 4 is 0 Å². The number of nitrogens with zero attached hydrogens (tertiary/aromatic N) is 2. The van der Waals surface area contributed by atoms with E-state index in [9.17, 15) is 0 Å². The van der Waals surface area contributed by atoms with Gasteiger partial charge in [-0.15, -0.1) is 0 Å². The summed E-state index contributed by atoms with van der Waals surface area (Å²) < 4.78 is 0. The fraction of sp³-hybridized carbons (Fsp3) is 0.667. The van der Waals surface area contributed by atoms with Crippen LogP contribution in [-0.2, 0) is 13.1 Å². The molecule has 1 aromatic rings. The number of nitrogens with one attached hydrogen (secondary N) is 1. The zero-order chi connectivity index (χ0) is 15.2. The van der Waals surface area contributed by atoms with Gasteiger partial charge in [0.1, 0.15) is 0 Å². The average Bonchev–Trinajstić information content (AvgIpc) is 2.89. The highest BCUT2D eigenvalue weighted by Crippen LogP contribution is 2.18. The molecule has 0 spiro atoms. The molecule has 0 bridgehead atoms. The quantitative estimate of drug-likeness (QED) is 0.832. The molecule has 0 saturated carbocycles. The van der Waals surface area contributed by atoms with Gasteiger partial charge >= 0.3 is 0 Å². The van der Waals surface area contributed by atoms with E-state index in [2.05, 4.69) is 67.3 Å². The summed E-state index contributed by atoms with van der Waals surface area (Å²) in [6.07, 6.45) is 1.29. The van der Waals surface area contributed by atoms with Gasteiger partial charge in [0, 0.05) is 32.2 Å². The van der Waals surface area contributed by atoms with Crippen molar-refractivity contribution < 1.29 is 0 Å². The third kappa shape index (κ3) is 5.10. The van der Waals surface area contributed by atoms with Gasteiger partial charge < -0.3 is 10.2 Å². The van der Waals surface area contributed by atoms with Crippen molar-refractivity contribution in [2.45, 2.75) is 39.4 Å². The van der Waals surface area contributed by atoms with Gasteiger partial charge in [-0.1, -0.05) is 38.1 Å². The first-order valence-electron chi connectivity index (χ1n) is 8.22. The van der Waals surface area contributed by atoms with E-state index < -0.39 is 0 Å². The molecule has 0 amide bonds. The normalized spacial score (nSPS) is 19.8. The molecular formula is C18H31N3. The van der Waals surface area contributed by atoms with Crippen LogP contribution >= 0.6 is 0 Å². The van der Waals surface area contributed by atoms with Crippen LogP contribution in [0, 0.1) is 5.92 Å². The van der Waals surface area contributed by atoms with Crippen molar-refractivity contribution in [2.24, 2.45) is 5.92 Å². The SMILES string of the molecule is CC(C)CNCc1ccccc1CN1CCC(N(C)C)C1. The van der Waals surface area contributed by atoms with E-state index in [-0.39, 0.29) is 0 Å². The number of hydrogen-bond donors (Lipinski definition) is 1. The van der Waals surface area contributed by atoms with Crippen molar-refractivity contribution in [1.29, 1.82) is 0 Å². The van der Waals surface area contributed by atoms with Crippen LogP contribution in [0.25, 0.3) is 0 Å². The molecule has 1 unspecified atom stereocenters. The van der Waals surface area contributed by atoms with Crippen molar-refractivity contribution in [3.63, 3.8) is 0 Å². The van der Waals surface area contributed by atoms with Crippen LogP contribution < -0.4 is 5.32 Å². The maximum atomic E-state index is 3.57. The Hall–Kier alpha value is -0.900. The Bertz CT molecular complexity index is 428. The van der Waals surface area contributed by atoms with E-state index in [1.165, 1.54) is 30.6 Å². The minimum atomic E-state index is 0.705. The average molecular weight is 289 g/mol. The maximum absolute atomic E-state index is 3.57. The van der Waals surface area contributed by atoms with Gasteiger partial charge in [-0.2, -0.15) is 0 Å². The molecular weight excluding hydrogens is 258 g/mol. The molecule has 1 atom stereocenters. The van der Waals surface area contributed by atoms with Crippen LogP contribution in [0.15, 0.2) is 24.3 Å². The van der Waals surface area contributed by atoms with Crippen molar-refractivity contribution in [2.75, 3.05) is 33.7 Å². The molecule has 118 valence electrons. The minimum Gasteiger partial charge on any atom is -0.312 e. The van der Waals surface area contributed by atoms with E-state index in [1.807, 2.05) is 0 Å². The second kappa shape index (κ2) is 7.92. The first-order valence-corrected chi connectivity index (χ1v) is 8.22. The summed E-state index contributed by atoms with van der Waals surface area (Å²) in [6.45, 7) is 10.1. The van der Waals surface area contributed by atoms with E-state index in [4.69, 9.17) is 0 Å². The van der Waals surface area contributed by atoms with Gasteiger partial charge in [0.15, 0.2) is 0 Å². The Balaban J connectivity index is 1.91. The molecule has 1 fully saturated rings. The number of benzene rings is 1. The molecule has 0 aromatic heterocycles. The summed E-state index contributed by atoms with van der Waals surface area (Å²) in [6, 6.07) is 9.59. The third-order valence-electron chi connectivity index (χ3n) is 4.36. The lowest BCUT2D eigenvalue weighted by molar-refractivity contribution is 0.264. The number of rotatable bonds is 7. The molecule has 2 rings (SSSR count). The van der Waals surface area contributed by atoms with E-state index in [0.29, 0.717) is 5.92 Å². The Morgan fingerprint density at radius 1 is 1.24 bits per heavy atom. The first-order chi connectivity index (χ1) is 10.1. The molecule has 1 saturated heterocycles. The fourth-order valence-electron chi connectivity index (χ4n) is 3.00. The van der Waals surface area contributed by atoms with E-state index >= 15 is 0 Å². The van der Waals surface area contributed by atoms with Crippen LogP contribution in [0.3, 0.4) is 0 Å². The van der Waals surface area contributed by atoms with E-state index in [1.54, 1.807) is 0 Å². The number of likely N-dealkylation sites (N-methyl/N-ethyl adjacent to an activating group) is 1. The van der Waals surface area contributed by atoms with Crippen molar-refractivity contribution in [3.05, 3.63) is 35.4 Å². The van der Waals surface area contributed by atoms with Crippen molar-refractivity contribution in [3.8, 4) is 0 Å². The zero-order valence-corrected chi connectivity index (χ0v) is 14.1. The minimum absolute atomic E-state index is 0.705. The Kier molecular flexibility index (Phi) is 6.22. The van der Waals surface area contributed by atoms with Gasteiger partial charge in [-0.05, 0) is 44.1 Å². The molecule has 21 heavy (non-hydrogen) atoms. The van der Waals surface area contributed by atoms with Crippen LogP contribution in [0.2, 0.25) is 0 Å². The number of likely N-dealkylation sites (tertiary alicyclic amines) is 1. The van der Waals surface area contributed by atoms with Crippen LogP contribution in [0.1, 0.15) is 31.4 Å². The monoisotopic (exact) mass is 289 g/mol. The third-order valence-corrected chi connectivity index (χ3v) is 4.36. The van der Waals surface area contributed by atoms with Crippen LogP contribution in [-0.4, -0.2) is 49.6 Å². The highest BCUT2D eigenvalue weighted by atomic mass is 15.2. The van der Waals surface area contributed by atoms with E-state index in [0.717, 1.165) is 25.7 Å². The lowest BCUT2D eigenvalue weighted by Crippen LogP contribution is -2.31. The number of hydrogen-bond acceptors (Lipinski definition) is 3. The molecule has 3 nitrogen and oxygen atoms in total. The zero-order valence-electron chi connectivity index (χ0n) is 14.1. The topological polar surface area (TPSA) is 18.5 Å². The summed E-state index contributed by atoms with van der Waals surface area (Å²) >= 11 is 0. The molecule has 1 aliphatic rings. The molecule has 0 radical (unpaired) electrons. The smallest absolute Gasteiger partial charge is 0.0237 e. The Morgan fingerprint density at radius 2 is 1.95 bits per heavy atom. The predicted octanol–water partition coefficient (Wildman–Crippen LogP) is 2.57. The molecule has 0 aliphatic carbocycles. The molecule has 3 heteroatoms. The van der Waals surface area contributed by atoms with Crippen LogP contribution in [0.4, 0.5) is 0 Å². The second-order valence-corrected chi connectivity index (χ2v) is 6.93. The standard InChI is InChI=1S/C18H31N3/c1-15(2)11-19-12-16-7-5-6-8-17(16)13-21-10-9-18(14-21)20(3)4/h5-8,15,18-19H,9-14H2,1-4H3. The predicted molar refractivity (Wildman–Crippen MR) is 90.4 cm³/mol. The van der Waals surface area contributed by atoms with Gasteiger partial charge in [0.05, 0.1) is 0 Å². The second-order valence-electron chi connectivity index (χ2n) is 6.93. The highest BCUT2D eigenvalue weighted by Gasteiger charge is 2.24. The lowest BCUT2D eigenvalue weighted by atomic mass is 10.1. The molecule has 1 aromatic carbocycles.